The van der Waals surface area contributed by atoms with Crippen molar-refractivity contribution in [1.82, 2.24) is 15.0 Å². The standard InChI is InChI=1S/C24H27IN6/c1-3-17(15-31(4-2)18-11-9-16(26)10-12-18)29-24-28-14-21(25)23(30-24)20-13-27-22-8-6-5-7-19(20)22/h5-14,17,27H,3-4,15,26H2,1-2H3,(H,28,29,30)/t17-/m1/s1. The molecule has 31 heavy (non-hydrogen) atoms. The van der Waals surface area contributed by atoms with Gasteiger partial charge in [0.1, 0.15) is 0 Å². The monoisotopic (exact) mass is 526 g/mol. The Balaban J connectivity index is 1.56. The van der Waals surface area contributed by atoms with E-state index >= 15 is 0 Å². The second-order valence-corrected chi connectivity index (χ2v) is 8.68. The lowest BCUT2D eigenvalue weighted by Gasteiger charge is -2.28. The fourth-order valence-electron chi connectivity index (χ4n) is 3.72. The fraction of sp³-hybridized carbons (Fsp3) is 0.250. The number of halogens is 1. The molecule has 0 unspecified atom stereocenters. The van der Waals surface area contributed by atoms with Crippen LogP contribution < -0.4 is 16.0 Å². The van der Waals surface area contributed by atoms with Crippen molar-refractivity contribution in [2.75, 3.05) is 29.0 Å². The van der Waals surface area contributed by atoms with E-state index in [1.807, 2.05) is 30.6 Å². The molecule has 0 fully saturated rings. The smallest absolute Gasteiger partial charge is 0.223 e. The van der Waals surface area contributed by atoms with Crippen molar-refractivity contribution in [3.05, 3.63) is 64.5 Å². The predicted molar refractivity (Wildman–Crippen MR) is 138 cm³/mol. The first-order valence-corrected chi connectivity index (χ1v) is 11.6. The number of likely N-dealkylation sites (N-methyl/N-ethyl adjacent to an activating group) is 1. The van der Waals surface area contributed by atoms with Crippen LogP contribution in [0.3, 0.4) is 0 Å². The molecule has 4 rings (SSSR count). The molecule has 4 aromatic rings. The van der Waals surface area contributed by atoms with Crippen LogP contribution in [0.4, 0.5) is 17.3 Å². The van der Waals surface area contributed by atoms with Crippen LogP contribution in [0.1, 0.15) is 20.3 Å². The summed E-state index contributed by atoms with van der Waals surface area (Å²) in [4.78, 5) is 15.1. The maximum atomic E-state index is 5.85. The number of nitrogens with two attached hydrogens (primary N) is 1. The van der Waals surface area contributed by atoms with E-state index in [4.69, 9.17) is 10.7 Å². The molecule has 2 heterocycles. The van der Waals surface area contributed by atoms with Gasteiger partial charge in [-0.1, -0.05) is 25.1 Å². The highest BCUT2D eigenvalue weighted by atomic mass is 127. The Morgan fingerprint density at radius 2 is 1.90 bits per heavy atom. The molecule has 160 valence electrons. The lowest BCUT2D eigenvalue weighted by molar-refractivity contribution is 0.652. The summed E-state index contributed by atoms with van der Waals surface area (Å²) >= 11 is 2.30. The quantitative estimate of drug-likeness (QED) is 0.208. The van der Waals surface area contributed by atoms with E-state index in [1.165, 1.54) is 5.69 Å². The summed E-state index contributed by atoms with van der Waals surface area (Å²) in [6, 6.07) is 16.5. The number of para-hydroxylation sites is 1. The van der Waals surface area contributed by atoms with Crippen LogP contribution in [0.5, 0.6) is 0 Å². The van der Waals surface area contributed by atoms with Crippen LogP contribution in [-0.2, 0) is 0 Å². The molecular formula is C24H27IN6. The van der Waals surface area contributed by atoms with Gasteiger partial charge in [-0.15, -0.1) is 0 Å². The van der Waals surface area contributed by atoms with E-state index in [0.717, 1.165) is 50.9 Å². The maximum absolute atomic E-state index is 5.85. The Hall–Kier alpha value is -2.81. The van der Waals surface area contributed by atoms with Gasteiger partial charge in [0.15, 0.2) is 0 Å². The first kappa shape index (κ1) is 21.4. The Bertz CT molecular complexity index is 1150. The Morgan fingerprint density at radius 1 is 1.13 bits per heavy atom. The van der Waals surface area contributed by atoms with Gasteiger partial charge in [-0.25, -0.2) is 9.97 Å². The maximum Gasteiger partial charge on any atom is 0.223 e. The number of benzene rings is 2. The predicted octanol–water partition coefficient (Wildman–Crippen LogP) is 5.53. The summed E-state index contributed by atoms with van der Waals surface area (Å²) in [5.74, 6) is 0.654. The van der Waals surface area contributed by atoms with Gasteiger partial charge in [-0.05, 0) is 66.3 Å². The van der Waals surface area contributed by atoms with E-state index in [0.29, 0.717) is 5.95 Å². The van der Waals surface area contributed by atoms with Crippen LogP contribution >= 0.6 is 22.6 Å². The zero-order chi connectivity index (χ0) is 21.8. The highest BCUT2D eigenvalue weighted by molar-refractivity contribution is 14.1. The third kappa shape index (κ3) is 4.76. The summed E-state index contributed by atoms with van der Waals surface area (Å²) in [5.41, 5.74) is 10.9. The molecule has 2 aromatic carbocycles. The first-order chi connectivity index (χ1) is 15.1. The van der Waals surface area contributed by atoms with E-state index in [9.17, 15) is 0 Å². The number of hydrogen-bond donors (Lipinski definition) is 3. The van der Waals surface area contributed by atoms with E-state index in [1.54, 1.807) is 0 Å². The molecule has 1 atom stereocenters. The molecule has 0 amide bonds. The number of hydrogen-bond acceptors (Lipinski definition) is 5. The van der Waals surface area contributed by atoms with Crippen LogP contribution in [0.15, 0.2) is 60.9 Å². The van der Waals surface area contributed by atoms with Crippen molar-refractivity contribution in [1.29, 1.82) is 0 Å². The number of rotatable bonds is 8. The molecule has 4 N–H and O–H groups in total. The zero-order valence-corrected chi connectivity index (χ0v) is 19.9. The lowest BCUT2D eigenvalue weighted by atomic mass is 10.1. The summed E-state index contributed by atoms with van der Waals surface area (Å²) < 4.78 is 1.03. The van der Waals surface area contributed by atoms with Crippen molar-refractivity contribution in [3.63, 3.8) is 0 Å². The van der Waals surface area contributed by atoms with Gasteiger partial charge in [-0.3, -0.25) is 0 Å². The molecule has 0 aliphatic carbocycles. The molecule has 0 aliphatic heterocycles. The average molecular weight is 526 g/mol. The first-order valence-electron chi connectivity index (χ1n) is 10.5. The molecule has 0 bridgehead atoms. The minimum Gasteiger partial charge on any atom is -0.399 e. The highest BCUT2D eigenvalue weighted by Crippen LogP contribution is 2.30. The van der Waals surface area contributed by atoms with Gasteiger partial charge in [-0.2, -0.15) is 0 Å². The average Bonchev–Trinajstić information content (AvgIpc) is 3.22. The van der Waals surface area contributed by atoms with Crippen LogP contribution in [-0.4, -0.2) is 34.1 Å². The van der Waals surface area contributed by atoms with E-state index in [-0.39, 0.29) is 6.04 Å². The molecular weight excluding hydrogens is 499 g/mol. The van der Waals surface area contributed by atoms with Crippen molar-refractivity contribution < 1.29 is 0 Å². The summed E-state index contributed by atoms with van der Waals surface area (Å²) in [6.45, 7) is 6.12. The SMILES string of the molecule is CC[C@H](CN(CC)c1ccc(N)cc1)Nc1ncc(I)c(-c2c[nH]c3ccccc23)n1. The number of nitrogens with one attached hydrogen (secondary N) is 2. The van der Waals surface area contributed by atoms with Gasteiger partial charge in [0.25, 0.3) is 0 Å². The number of fused-ring (bicyclic) bond motifs is 1. The fourth-order valence-corrected chi connectivity index (χ4v) is 4.27. The topological polar surface area (TPSA) is 82.9 Å². The van der Waals surface area contributed by atoms with Crippen molar-refractivity contribution >= 4 is 50.8 Å². The molecule has 2 aromatic heterocycles. The number of nitrogen functional groups attached to an aromatic ring is 1. The summed E-state index contributed by atoms with van der Waals surface area (Å²) in [5, 5.41) is 4.71. The third-order valence-corrected chi connectivity index (χ3v) is 6.28. The van der Waals surface area contributed by atoms with Crippen molar-refractivity contribution in [2.24, 2.45) is 0 Å². The number of aromatic amines is 1. The molecule has 0 aliphatic rings. The van der Waals surface area contributed by atoms with Gasteiger partial charge < -0.3 is 20.9 Å². The number of anilines is 3. The molecule has 0 spiro atoms. The van der Waals surface area contributed by atoms with Crippen molar-refractivity contribution in [3.8, 4) is 11.3 Å². The number of nitrogens with zero attached hydrogens (tertiary/aromatic N) is 3. The molecule has 7 heteroatoms. The second-order valence-electron chi connectivity index (χ2n) is 7.52. The van der Waals surface area contributed by atoms with Gasteiger partial charge >= 0.3 is 0 Å². The molecule has 0 radical (unpaired) electrons. The van der Waals surface area contributed by atoms with Crippen LogP contribution in [0, 0.1) is 3.57 Å². The highest BCUT2D eigenvalue weighted by Gasteiger charge is 2.16. The van der Waals surface area contributed by atoms with Gasteiger partial charge in [0, 0.05) is 59.4 Å². The Labute approximate surface area is 196 Å². The zero-order valence-electron chi connectivity index (χ0n) is 17.8. The van der Waals surface area contributed by atoms with E-state index < -0.39 is 0 Å². The lowest BCUT2D eigenvalue weighted by Crippen LogP contribution is -2.37. The molecule has 6 nitrogen and oxygen atoms in total. The Morgan fingerprint density at radius 3 is 2.65 bits per heavy atom. The largest absolute Gasteiger partial charge is 0.399 e. The van der Waals surface area contributed by atoms with Crippen LogP contribution in [0.2, 0.25) is 0 Å². The third-order valence-electron chi connectivity index (χ3n) is 5.50. The normalized spacial score (nSPS) is 12.1. The minimum atomic E-state index is 0.216. The van der Waals surface area contributed by atoms with Crippen LogP contribution in [0.25, 0.3) is 22.2 Å². The van der Waals surface area contributed by atoms with Gasteiger partial charge in [0.2, 0.25) is 5.95 Å². The molecule has 0 saturated carbocycles. The second kappa shape index (κ2) is 9.55. The number of aromatic nitrogens is 3. The minimum absolute atomic E-state index is 0.216. The van der Waals surface area contributed by atoms with Crippen molar-refractivity contribution in [2.45, 2.75) is 26.3 Å². The summed E-state index contributed by atoms with van der Waals surface area (Å²) in [6.07, 6.45) is 4.87. The van der Waals surface area contributed by atoms with Gasteiger partial charge in [0.05, 0.1) is 9.26 Å². The molecule has 0 saturated heterocycles. The van der Waals surface area contributed by atoms with E-state index in [2.05, 4.69) is 87.0 Å². The summed E-state index contributed by atoms with van der Waals surface area (Å²) in [7, 11) is 0. The number of H-pyrrole nitrogens is 1. The Kier molecular flexibility index (Phi) is 6.60.